The van der Waals surface area contributed by atoms with Crippen LogP contribution < -0.4 is 5.73 Å². The third-order valence-corrected chi connectivity index (χ3v) is 2.10. The molecule has 0 aliphatic carbocycles. The Bertz CT molecular complexity index is 387. The average Bonchev–Trinajstić information content (AvgIpc) is 2.16. The van der Waals surface area contributed by atoms with E-state index in [2.05, 4.69) is 0 Å². The van der Waals surface area contributed by atoms with Crippen molar-refractivity contribution >= 4 is 11.9 Å². The summed E-state index contributed by atoms with van der Waals surface area (Å²) in [4.78, 5) is 22.9. The van der Waals surface area contributed by atoms with Crippen LogP contribution in [0, 0.1) is 0 Å². The van der Waals surface area contributed by atoms with E-state index in [1.807, 2.05) is 0 Å². The molecule has 1 aromatic carbocycles. The van der Waals surface area contributed by atoms with E-state index < -0.39 is 11.9 Å². The molecule has 0 heterocycles. The first-order chi connectivity index (χ1) is 7.49. The molecular formula is C11H14N2O3. The Kier molecular flexibility index (Phi) is 4.02. The zero-order valence-electron chi connectivity index (χ0n) is 9.01. The van der Waals surface area contributed by atoms with Gasteiger partial charge in [-0.1, -0.05) is 12.1 Å². The molecule has 16 heavy (non-hydrogen) atoms. The molecule has 0 aromatic heterocycles. The summed E-state index contributed by atoms with van der Waals surface area (Å²) >= 11 is 0. The van der Waals surface area contributed by atoms with Crippen molar-refractivity contribution in [3.8, 4) is 0 Å². The van der Waals surface area contributed by atoms with Crippen LogP contribution in [-0.4, -0.2) is 35.5 Å². The van der Waals surface area contributed by atoms with Gasteiger partial charge in [-0.3, -0.25) is 14.5 Å². The van der Waals surface area contributed by atoms with Gasteiger partial charge in [0.1, 0.15) is 0 Å². The van der Waals surface area contributed by atoms with Crippen LogP contribution in [0.25, 0.3) is 0 Å². The van der Waals surface area contributed by atoms with Gasteiger partial charge in [-0.2, -0.15) is 0 Å². The number of carbonyl (C=O) groups is 2. The Morgan fingerprint density at radius 2 is 1.88 bits per heavy atom. The maximum absolute atomic E-state index is 10.8. The molecule has 0 saturated heterocycles. The van der Waals surface area contributed by atoms with E-state index in [9.17, 15) is 9.59 Å². The molecule has 3 N–H and O–H groups in total. The summed E-state index contributed by atoms with van der Waals surface area (Å²) in [6, 6.07) is 6.79. The van der Waals surface area contributed by atoms with Crippen molar-refractivity contribution in [1.82, 2.24) is 4.90 Å². The minimum absolute atomic E-state index is 0.0163. The number of aliphatic carboxylic acids is 1. The third-order valence-electron chi connectivity index (χ3n) is 2.10. The number of hydrogen-bond acceptors (Lipinski definition) is 3. The van der Waals surface area contributed by atoms with Crippen molar-refractivity contribution < 1.29 is 14.7 Å². The first-order valence-electron chi connectivity index (χ1n) is 4.78. The summed E-state index contributed by atoms with van der Waals surface area (Å²) in [6.07, 6.45) is 0. The average molecular weight is 222 g/mol. The molecule has 0 bridgehead atoms. The van der Waals surface area contributed by atoms with E-state index in [0.29, 0.717) is 12.1 Å². The molecular weight excluding hydrogens is 208 g/mol. The second-order valence-corrected chi connectivity index (χ2v) is 3.63. The number of amides is 1. The monoisotopic (exact) mass is 222 g/mol. The lowest BCUT2D eigenvalue weighted by atomic mass is 10.1. The lowest BCUT2D eigenvalue weighted by Gasteiger charge is -2.13. The smallest absolute Gasteiger partial charge is 0.317 e. The topological polar surface area (TPSA) is 83.6 Å². The van der Waals surface area contributed by atoms with Gasteiger partial charge < -0.3 is 10.8 Å². The normalized spacial score (nSPS) is 10.4. The number of rotatable bonds is 5. The van der Waals surface area contributed by atoms with Gasteiger partial charge in [0, 0.05) is 12.1 Å². The van der Waals surface area contributed by atoms with E-state index in [0.717, 1.165) is 5.56 Å². The number of primary amides is 1. The molecule has 0 saturated carbocycles. The zero-order valence-corrected chi connectivity index (χ0v) is 9.01. The van der Waals surface area contributed by atoms with Crippen LogP contribution in [0.3, 0.4) is 0 Å². The fraction of sp³-hybridized carbons (Fsp3) is 0.273. The minimum atomic E-state index is -0.865. The Balaban J connectivity index is 2.61. The van der Waals surface area contributed by atoms with E-state index in [-0.39, 0.29) is 6.54 Å². The molecule has 0 fully saturated rings. The van der Waals surface area contributed by atoms with Crippen LogP contribution in [-0.2, 0) is 11.3 Å². The van der Waals surface area contributed by atoms with Crippen molar-refractivity contribution in [2.45, 2.75) is 6.54 Å². The molecule has 1 amide bonds. The van der Waals surface area contributed by atoms with Gasteiger partial charge >= 0.3 is 5.97 Å². The van der Waals surface area contributed by atoms with E-state index >= 15 is 0 Å². The molecule has 0 unspecified atom stereocenters. The lowest BCUT2D eigenvalue weighted by molar-refractivity contribution is -0.138. The maximum Gasteiger partial charge on any atom is 0.317 e. The van der Waals surface area contributed by atoms with Crippen LogP contribution in [0.15, 0.2) is 24.3 Å². The predicted molar refractivity (Wildman–Crippen MR) is 58.9 cm³/mol. The molecule has 0 aliphatic heterocycles. The second kappa shape index (κ2) is 5.27. The molecule has 5 heteroatoms. The summed E-state index contributed by atoms with van der Waals surface area (Å²) in [5.41, 5.74) is 6.49. The predicted octanol–water partition coefficient (Wildman–Crippen LogP) is 0.302. The van der Waals surface area contributed by atoms with Crippen molar-refractivity contribution in [1.29, 1.82) is 0 Å². The standard InChI is InChI=1S/C11H14N2O3/c1-13(7-10(14)15)6-8-2-4-9(5-3-8)11(12)16/h2-5H,6-7H2,1H3,(H2,12,16)(H,14,15). The van der Waals surface area contributed by atoms with Gasteiger partial charge in [-0.05, 0) is 24.7 Å². The van der Waals surface area contributed by atoms with E-state index in [4.69, 9.17) is 10.8 Å². The lowest BCUT2D eigenvalue weighted by Crippen LogP contribution is -2.25. The number of carboxylic acids is 1. The molecule has 5 nitrogen and oxygen atoms in total. The molecule has 1 rings (SSSR count). The van der Waals surface area contributed by atoms with Crippen LogP contribution >= 0.6 is 0 Å². The van der Waals surface area contributed by atoms with Gasteiger partial charge in [0.05, 0.1) is 6.54 Å². The second-order valence-electron chi connectivity index (χ2n) is 3.63. The summed E-state index contributed by atoms with van der Waals surface area (Å²) in [7, 11) is 1.72. The number of likely N-dealkylation sites (N-methyl/N-ethyl adjacent to an activating group) is 1. The minimum Gasteiger partial charge on any atom is -0.480 e. The van der Waals surface area contributed by atoms with E-state index in [1.165, 1.54) is 0 Å². The van der Waals surface area contributed by atoms with Crippen LogP contribution in [0.1, 0.15) is 15.9 Å². The Hall–Kier alpha value is -1.88. The number of benzene rings is 1. The van der Waals surface area contributed by atoms with Gasteiger partial charge in [0.15, 0.2) is 0 Å². The molecule has 0 atom stereocenters. The highest BCUT2D eigenvalue weighted by molar-refractivity contribution is 5.92. The van der Waals surface area contributed by atoms with Gasteiger partial charge in [0.2, 0.25) is 5.91 Å². The zero-order chi connectivity index (χ0) is 12.1. The van der Waals surface area contributed by atoms with Crippen LogP contribution in [0.4, 0.5) is 0 Å². The fourth-order valence-electron chi connectivity index (χ4n) is 1.37. The molecule has 0 spiro atoms. The van der Waals surface area contributed by atoms with Crippen LogP contribution in [0.5, 0.6) is 0 Å². The summed E-state index contributed by atoms with van der Waals surface area (Å²) in [5, 5.41) is 8.58. The molecule has 1 aromatic rings. The number of nitrogens with two attached hydrogens (primary N) is 1. The number of carbonyl (C=O) groups excluding carboxylic acids is 1. The fourth-order valence-corrected chi connectivity index (χ4v) is 1.37. The highest BCUT2D eigenvalue weighted by Crippen LogP contribution is 2.06. The Morgan fingerprint density at radius 1 is 1.31 bits per heavy atom. The largest absolute Gasteiger partial charge is 0.480 e. The first kappa shape index (κ1) is 12.2. The third kappa shape index (κ3) is 3.70. The number of nitrogens with zero attached hydrogens (tertiary/aromatic N) is 1. The van der Waals surface area contributed by atoms with Gasteiger partial charge in [0.25, 0.3) is 0 Å². The van der Waals surface area contributed by atoms with Crippen molar-refractivity contribution in [3.63, 3.8) is 0 Å². The SMILES string of the molecule is CN(CC(=O)O)Cc1ccc(C(N)=O)cc1. The maximum atomic E-state index is 10.8. The summed E-state index contributed by atoms with van der Waals surface area (Å²) < 4.78 is 0. The summed E-state index contributed by atoms with van der Waals surface area (Å²) in [6.45, 7) is 0.503. The number of carboxylic acid groups (broad SMARTS) is 1. The highest BCUT2D eigenvalue weighted by Gasteiger charge is 2.05. The van der Waals surface area contributed by atoms with Crippen molar-refractivity contribution in [2.75, 3.05) is 13.6 Å². The molecule has 0 radical (unpaired) electrons. The quantitative estimate of drug-likeness (QED) is 0.750. The van der Waals surface area contributed by atoms with Gasteiger partial charge in [-0.25, -0.2) is 0 Å². The molecule has 0 aliphatic rings. The number of hydrogen-bond donors (Lipinski definition) is 2. The first-order valence-corrected chi connectivity index (χ1v) is 4.78. The van der Waals surface area contributed by atoms with Gasteiger partial charge in [-0.15, -0.1) is 0 Å². The Labute approximate surface area is 93.5 Å². The van der Waals surface area contributed by atoms with Crippen LogP contribution in [0.2, 0.25) is 0 Å². The Morgan fingerprint density at radius 3 is 2.31 bits per heavy atom. The highest BCUT2D eigenvalue weighted by atomic mass is 16.4. The van der Waals surface area contributed by atoms with Crippen molar-refractivity contribution in [2.24, 2.45) is 5.73 Å². The van der Waals surface area contributed by atoms with E-state index in [1.54, 1.807) is 36.2 Å². The molecule has 86 valence electrons. The summed E-state index contributed by atoms with van der Waals surface area (Å²) in [5.74, 6) is -1.33. The van der Waals surface area contributed by atoms with Crippen molar-refractivity contribution in [3.05, 3.63) is 35.4 Å².